The van der Waals surface area contributed by atoms with Crippen molar-refractivity contribution in [3.8, 4) is 0 Å². The molecule has 0 unspecified atom stereocenters. The normalized spacial score (nSPS) is 12.1. The zero-order valence-electron chi connectivity index (χ0n) is 10.0. The Morgan fingerprint density at radius 3 is 2.47 bits per heavy atom. The van der Waals surface area contributed by atoms with Gasteiger partial charge in [0.05, 0.1) is 4.60 Å². The van der Waals surface area contributed by atoms with Crippen molar-refractivity contribution in [3.63, 3.8) is 0 Å². The third kappa shape index (κ3) is 4.53. The van der Waals surface area contributed by atoms with Crippen LogP contribution in [0.15, 0.2) is 16.7 Å². The summed E-state index contributed by atoms with van der Waals surface area (Å²) in [4.78, 5) is 0. The molecule has 1 aromatic rings. The highest BCUT2D eigenvalue weighted by molar-refractivity contribution is 9.10. The fourth-order valence-corrected chi connectivity index (χ4v) is 2.51. The summed E-state index contributed by atoms with van der Waals surface area (Å²) >= 11 is 3.50. The van der Waals surface area contributed by atoms with E-state index in [-0.39, 0.29) is 0 Å². The van der Waals surface area contributed by atoms with Crippen LogP contribution in [0, 0.1) is 6.92 Å². The number of nitrogens with zero attached hydrogens (tertiary/aromatic N) is 1. The number of ether oxygens (including phenoxy) is 1. The predicted octanol–water partition coefficient (Wildman–Crippen LogP) is 3.87. The predicted molar refractivity (Wildman–Crippen MR) is 71.0 cm³/mol. The highest BCUT2D eigenvalue weighted by Crippen LogP contribution is 2.15. The van der Waals surface area contributed by atoms with E-state index in [1.165, 1.54) is 11.7 Å². The first-order valence-corrected chi connectivity index (χ1v) is 9.79. The van der Waals surface area contributed by atoms with Gasteiger partial charge in [-0.1, -0.05) is 19.6 Å². The molecule has 0 atom stereocenters. The van der Waals surface area contributed by atoms with Crippen LogP contribution < -0.4 is 0 Å². The summed E-state index contributed by atoms with van der Waals surface area (Å²) in [7, 11) is -0.952. The molecule has 0 aliphatic heterocycles. The molecule has 4 heteroatoms. The summed E-state index contributed by atoms with van der Waals surface area (Å²) in [6.45, 7) is 10.7. The van der Waals surface area contributed by atoms with Crippen LogP contribution in [0.2, 0.25) is 25.7 Å². The zero-order chi connectivity index (χ0) is 11.5. The van der Waals surface area contributed by atoms with Gasteiger partial charge in [-0.25, -0.2) is 0 Å². The highest BCUT2D eigenvalue weighted by Gasteiger charge is 2.12. The molecule has 0 fully saturated rings. The lowest BCUT2D eigenvalue weighted by Crippen LogP contribution is -2.22. The minimum Gasteiger partial charge on any atom is -0.361 e. The largest absolute Gasteiger partial charge is 0.361 e. The summed E-state index contributed by atoms with van der Waals surface area (Å²) in [5.74, 6) is 0. The van der Waals surface area contributed by atoms with Gasteiger partial charge >= 0.3 is 0 Å². The first-order valence-electron chi connectivity index (χ1n) is 5.29. The fourth-order valence-electron chi connectivity index (χ4n) is 1.24. The van der Waals surface area contributed by atoms with Crippen LogP contribution in [0.4, 0.5) is 0 Å². The molecule has 0 saturated carbocycles. The molecule has 0 aliphatic rings. The number of rotatable bonds is 5. The Labute approximate surface area is 102 Å². The van der Waals surface area contributed by atoms with Gasteiger partial charge in [-0.2, -0.15) is 0 Å². The molecule has 0 bridgehead atoms. The van der Waals surface area contributed by atoms with E-state index in [9.17, 15) is 0 Å². The van der Waals surface area contributed by atoms with Crippen LogP contribution >= 0.6 is 15.9 Å². The quantitative estimate of drug-likeness (QED) is 0.593. The zero-order valence-corrected chi connectivity index (χ0v) is 12.6. The van der Waals surface area contributed by atoms with Gasteiger partial charge in [0.15, 0.2) is 0 Å². The lowest BCUT2D eigenvalue weighted by molar-refractivity contribution is 0.0848. The van der Waals surface area contributed by atoms with E-state index in [0.29, 0.717) is 6.73 Å². The molecule has 2 nitrogen and oxygen atoms in total. The van der Waals surface area contributed by atoms with Crippen molar-refractivity contribution in [1.29, 1.82) is 0 Å². The van der Waals surface area contributed by atoms with E-state index in [1.54, 1.807) is 0 Å². The van der Waals surface area contributed by atoms with Gasteiger partial charge in [0.25, 0.3) is 0 Å². The first-order chi connectivity index (χ1) is 6.90. The van der Waals surface area contributed by atoms with Crippen LogP contribution in [0.25, 0.3) is 0 Å². The van der Waals surface area contributed by atoms with Crippen molar-refractivity contribution in [2.75, 3.05) is 6.61 Å². The smallest absolute Gasteiger partial charge is 0.123 e. The average molecular weight is 290 g/mol. The lowest BCUT2D eigenvalue weighted by atomic mass is 10.5. The molecule has 0 amide bonds. The molecule has 86 valence electrons. The average Bonchev–Trinajstić information content (AvgIpc) is 2.40. The third-order valence-electron chi connectivity index (χ3n) is 2.36. The fraction of sp³-hybridized carbons (Fsp3) is 0.636. The number of halogens is 1. The Hall–Kier alpha value is -0.0631. The van der Waals surface area contributed by atoms with Crippen molar-refractivity contribution < 1.29 is 4.74 Å². The Balaban J connectivity index is 2.32. The van der Waals surface area contributed by atoms with Crippen molar-refractivity contribution in [2.45, 2.75) is 39.3 Å². The lowest BCUT2D eigenvalue weighted by Gasteiger charge is -2.16. The van der Waals surface area contributed by atoms with Gasteiger partial charge in [0.1, 0.15) is 6.73 Å². The van der Waals surface area contributed by atoms with Gasteiger partial charge in [-0.15, -0.1) is 0 Å². The van der Waals surface area contributed by atoms with Gasteiger partial charge in [0.2, 0.25) is 0 Å². The number of aromatic nitrogens is 1. The second-order valence-corrected chi connectivity index (χ2v) is 11.5. The Bertz CT molecular complexity index is 297. The standard InChI is InChI=1S/C11H20BrNOSi/c1-10-5-6-11(12)13(10)9-14-7-8-15(2,3)4/h5-6H,7-9H2,1-4H3. The van der Waals surface area contributed by atoms with Gasteiger partial charge < -0.3 is 9.30 Å². The number of hydrogen-bond acceptors (Lipinski definition) is 1. The minimum absolute atomic E-state index is 0.657. The molecule has 0 N–H and O–H groups in total. The maximum Gasteiger partial charge on any atom is 0.123 e. The molecule has 0 radical (unpaired) electrons. The van der Waals surface area contributed by atoms with E-state index in [1.807, 2.05) is 0 Å². The molecule has 0 aliphatic carbocycles. The summed E-state index contributed by atoms with van der Waals surface area (Å²) in [6.07, 6.45) is 0. The van der Waals surface area contributed by atoms with Crippen molar-refractivity contribution >= 4 is 24.0 Å². The molecule has 1 rings (SSSR count). The number of hydrogen-bond donors (Lipinski definition) is 0. The van der Waals surface area contributed by atoms with E-state index in [4.69, 9.17) is 4.74 Å². The van der Waals surface area contributed by atoms with Gasteiger partial charge in [0, 0.05) is 20.4 Å². The summed E-state index contributed by atoms with van der Waals surface area (Å²) < 4.78 is 8.90. The van der Waals surface area contributed by atoms with Crippen LogP contribution in [-0.2, 0) is 11.5 Å². The Morgan fingerprint density at radius 2 is 2.00 bits per heavy atom. The van der Waals surface area contributed by atoms with Crippen LogP contribution in [-0.4, -0.2) is 19.2 Å². The SMILES string of the molecule is Cc1ccc(Br)n1COCC[Si](C)(C)C. The molecule has 1 heterocycles. The molecule has 0 saturated heterocycles. The molecular formula is C11H20BrNOSi. The van der Waals surface area contributed by atoms with Gasteiger partial charge in [-0.05, 0) is 41.0 Å². The third-order valence-corrected chi connectivity index (χ3v) is 4.76. The van der Waals surface area contributed by atoms with E-state index in [0.717, 1.165) is 11.2 Å². The molecule has 15 heavy (non-hydrogen) atoms. The Kier molecular flexibility index (Phi) is 4.61. The van der Waals surface area contributed by atoms with Crippen molar-refractivity contribution in [2.24, 2.45) is 0 Å². The second-order valence-electron chi connectivity index (χ2n) is 5.07. The molecule has 0 aromatic carbocycles. The monoisotopic (exact) mass is 289 g/mol. The summed E-state index contributed by atoms with van der Waals surface area (Å²) in [5.41, 5.74) is 1.23. The first kappa shape index (κ1) is 13.0. The molecule has 0 spiro atoms. The summed E-state index contributed by atoms with van der Waals surface area (Å²) in [6, 6.07) is 5.37. The topological polar surface area (TPSA) is 14.2 Å². The number of aryl methyl sites for hydroxylation is 1. The van der Waals surface area contributed by atoms with E-state index in [2.05, 4.69) is 59.2 Å². The van der Waals surface area contributed by atoms with Crippen LogP contribution in [0.5, 0.6) is 0 Å². The highest BCUT2D eigenvalue weighted by atomic mass is 79.9. The molecular weight excluding hydrogens is 270 g/mol. The maximum absolute atomic E-state index is 5.68. The van der Waals surface area contributed by atoms with Crippen LogP contribution in [0.3, 0.4) is 0 Å². The molecule has 1 aromatic heterocycles. The van der Waals surface area contributed by atoms with Gasteiger partial charge in [-0.3, -0.25) is 0 Å². The maximum atomic E-state index is 5.68. The van der Waals surface area contributed by atoms with Crippen molar-refractivity contribution in [1.82, 2.24) is 4.57 Å². The van der Waals surface area contributed by atoms with Crippen LogP contribution in [0.1, 0.15) is 5.69 Å². The van der Waals surface area contributed by atoms with E-state index < -0.39 is 8.07 Å². The minimum atomic E-state index is -0.952. The van der Waals surface area contributed by atoms with Crippen molar-refractivity contribution in [3.05, 3.63) is 22.4 Å². The van der Waals surface area contributed by atoms with E-state index >= 15 is 0 Å². The summed E-state index contributed by atoms with van der Waals surface area (Å²) in [5, 5.41) is 0. The Morgan fingerprint density at radius 1 is 1.33 bits per heavy atom. The second kappa shape index (κ2) is 5.32.